The van der Waals surface area contributed by atoms with Crippen LogP contribution in [0.2, 0.25) is 0 Å². The summed E-state index contributed by atoms with van der Waals surface area (Å²) in [6.07, 6.45) is -0.776. The van der Waals surface area contributed by atoms with E-state index in [0.717, 1.165) is 10.4 Å². The van der Waals surface area contributed by atoms with Gasteiger partial charge in [-0.05, 0) is 23.9 Å². The number of carbonyl (C=O) groups is 1. The first kappa shape index (κ1) is 15.3. The molecule has 0 saturated carbocycles. The fourth-order valence-corrected chi connectivity index (χ4v) is 2.32. The van der Waals surface area contributed by atoms with Crippen LogP contribution in [0.4, 0.5) is 4.79 Å². The molecule has 0 spiro atoms. The van der Waals surface area contributed by atoms with E-state index in [1.165, 1.54) is 11.3 Å². The molecule has 106 valence electrons. The number of aliphatic hydroxyl groups excluding tert-OH is 1. The van der Waals surface area contributed by atoms with Gasteiger partial charge in [0.2, 0.25) is 0 Å². The lowest BCUT2D eigenvalue weighted by molar-refractivity contribution is 0.0974. The van der Waals surface area contributed by atoms with Gasteiger partial charge in [0.25, 0.3) is 0 Å². The van der Waals surface area contributed by atoms with Gasteiger partial charge in [0, 0.05) is 11.3 Å². The third kappa shape index (κ3) is 5.58. The van der Waals surface area contributed by atoms with E-state index < -0.39 is 12.1 Å². The van der Waals surface area contributed by atoms with Crippen molar-refractivity contribution in [3.05, 3.63) is 21.9 Å². The summed E-state index contributed by atoms with van der Waals surface area (Å²) in [5.74, 6) is 0.0295. The van der Waals surface area contributed by atoms with Crippen molar-refractivity contribution in [3.8, 4) is 0 Å². The van der Waals surface area contributed by atoms with Crippen LogP contribution >= 0.6 is 11.3 Å². The standard InChI is InChI=1S/C11H17N3O4S/c1-7-4-8(19-6-7)5-9(13-11(16)17)10(12)14-18-3-2-15/h4,6,9,13,15H,2-3,5H2,1H3,(H2,12,14)(H,16,17). The van der Waals surface area contributed by atoms with Crippen LogP contribution in [0.25, 0.3) is 0 Å². The van der Waals surface area contributed by atoms with E-state index in [0.29, 0.717) is 6.42 Å². The number of nitrogens with one attached hydrogen (secondary N) is 1. The number of thiophene rings is 1. The molecule has 0 aliphatic rings. The molecule has 7 nitrogen and oxygen atoms in total. The van der Waals surface area contributed by atoms with E-state index in [-0.39, 0.29) is 19.0 Å². The minimum atomic E-state index is -1.18. The number of hydrogen-bond donors (Lipinski definition) is 4. The van der Waals surface area contributed by atoms with Gasteiger partial charge in [0.15, 0.2) is 5.84 Å². The molecule has 8 heteroatoms. The van der Waals surface area contributed by atoms with Crippen LogP contribution in [0, 0.1) is 6.92 Å². The normalized spacial score (nSPS) is 13.1. The van der Waals surface area contributed by atoms with E-state index >= 15 is 0 Å². The number of nitrogens with zero attached hydrogens (tertiary/aromatic N) is 1. The molecule has 0 aromatic carbocycles. The summed E-state index contributed by atoms with van der Waals surface area (Å²) in [5, 5.41) is 25.2. The summed E-state index contributed by atoms with van der Waals surface area (Å²) in [6, 6.07) is 1.30. The summed E-state index contributed by atoms with van der Waals surface area (Å²) in [5.41, 5.74) is 6.80. The summed E-state index contributed by atoms with van der Waals surface area (Å²) < 4.78 is 0. The molecule has 1 aromatic heterocycles. The summed E-state index contributed by atoms with van der Waals surface area (Å²) >= 11 is 1.53. The van der Waals surface area contributed by atoms with Crippen molar-refractivity contribution in [3.63, 3.8) is 0 Å². The highest BCUT2D eigenvalue weighted by Gasteiger charge is 2.18. The molecular weight excluding hydrogens is 270 g/mol. The Morgan fingerprint density at radius 1 is 1.68 bits per heavy atom. The Kier molecular flexibility index (Phi) is 6.10. The number of aryl methyl sites for hydroxylation is 1. The third-order valence-corrected chi connectivity index (χ3v) is 3.27. The first-order chi connectivity index (χ1) is 9.02. The maximum absolute atomic E-state index is 10.7. The molecule has 1 atom stereocenters. The SMILES string of the molecule is Cc1csc(CC(NC(=O)O)C(N)=NOCCO)c1. The maximum atomic E-state index is 10.7. The Bertz CT molecular complexity index is 447. The Balaban J connectivity index is 2.70. The molecule has 1 rings (SSSR count). The first-order valence-corrected chi connectivity index (χ1v) is 6.50. The van der Waals surface area contributed by atoms with Crippen molar-refractivity contribution in [2.75, 3.05) is 13.2 Å². The fourth-order valence-electron chi connectivity index (χ4n) is 1.40. The summed E-state index contributed by atoms with van der Waals surface area (Å²) in [4.78, 5) is 16.5. The Morgan fingerprint density at radius 2 is 2.42 bits per heavy atom. The number of carboxylic acid groups (broad SMARTS) is 1. The summed E-state index contributed by atoms with van der Waals surface area (Å²) in [7, 11) is 0. The lowest BCUT2D eigenvalue weighted by atomic mass is 10.1. The van der Waals surface area contributed by atoms with E-state index in [4.69, 9.17) is 20.8 Å². The second-order valence-electron chi connectivity index (χ2n) is 3.87. The maximum Gasteiger partial charge on any atom is 0.405 e. The van der Waals surface area contributed by atoms with Crippen molar-refractivity contribution >= 4 is 23.3 Å². The molecule has 1 unspecified atom stereocenters. The van der Waals surface area contributed by atoms with Gasteiger partial charge in [0.05, 0.1) is 12.6 Å². The van der Waals surface area contributed by atoms with Gasteiger partial charge in [-0.1, -0.05) is 5.16 Å². The number of rotatable bonds is 7. The number of amides is 1. The molecule has 0 saturated heterocycles. The number of amidine groups is 1. The van der Waals surface area contributed by atoms with E-state index in [9.17, 15) is 4.79 Å². The Morgan fingerprint density at radius 3 is 2.95 bits per heavy atom. The van der Waals surface area contributed by atoms with E-state index in [1.807, 2.05) is 18.4 Å². The number of oxime groups is 1. The topological polar surface area (TPSA) is 117 Å². The summed E-state index contributed by atoms with van der Waals surface area (Å²) in [6.45, 7) is 1.79. The highest BCUT2D eigenvalue weighted by Crippen LogP contribution is 2.15. The second-order valence-corrected chi connectivity index (χ2v) is 4.87. The smallest absolute Gasteiger partial charge is 0.405 e. The van der Waals surface area contributed by atoms with E-state index in [1.54, 1.807) is 0 Å². The quantitative estimate of drug-likeness (QED) is 0.252. The zero-order valence-corrected chi connectivity index (χ0v) is 11.3. The van der Waals surface area contributed by atoms with Crippen LogP contribution in [0.1, 0.15) is 10.4 Å². The highest BCUT2D eigenvalue weighted by atomic mass is 32.1. The first-order valence-electron chi connectivity index (χ1n) is 5.62. The van der Waals surface area contributed by atoms with Crippen LogP contribution in [0.3, 0.4) is 0 Å². The van der Waals surface area contributed by atoms with Gasteiger partial charge in [-0.2, -0.15) is 0 Å². The number of aliphatic hydroxyl groups is 1. The lowest BCUT2D eigenvalue weighted by Gasteiger charge is -2.15. The Labute approximate surface area is 114 Å². The average Bonchev–Trinajstić information content (AvgIpc) is 2.73. The molecule has 0 fully saturated rings. The van der Waals surface area contributed by atoms with E-state index in [2.05, 4.69) is 10.5 Å². The zero-order valence-electron chi connectivity index (χ0n) is 10.5. The molecule has 0 radical (unpaired) electrons. The van der Waals surface area contributed by atoms with Crippen molar-refractivity contribution in [2.45, 2.75) is 19.4 Å². The molecule has 5 N–H and O–H groups in total. The van der Waals surface area contributed by atoms with Gasteiger partial charge in [0.1, 0.15) is 6.61 Å². The van der Waals surface area contributed by atoms with Crippen molar-refractivity contribution < 1.29 is 19.8 Å². The monoisotopic (exact) mass is 287 g/mol. The van der Waals surface area contributed by atoms with Crippen LogP contribution < -0.4 is 11.1 Å². The average molecular weight is 287 g/mol. The minimum absolute atomic E-state index is 0.0125. The third-order valence-electron chi connectivity index (χ3n) is 2.20. The Hall–Kier alpha value is -1.80. The molecule has 0 aliphatic carbocycles. The van der Waals surface area contributed by atoms with Crippen LogP contribution in [-0.4, -0.2) is 41.4 Å². The van der Waals surface area contributed by atoms with Gasteiger partial charge in [-0.25, -0.2) is 4.79 Å². The highest BCUT2D eigenvalue weighted by molar-refractivity contribution is 7.10. The number of nitrogens with two attached hydrogens (primary N) is 1. The van der Waals surface area contributed by atoms with Crippen LogP contribution in [0.5, 0.6) is 0 Å². The molecule has 1 amide bonds. The molecule has 1 heterocycles. The van der Waals surface area contributed by atoms with Gasteiger partial charge >= 0.3 is 6.09 Å². The molecule has 1 aromatic rings. The fraction of sp³-hybridized carbons (Fsp3) is 0.455. The second kappa shape index (κ2) is 7.59. The largest absolute Gasteiger partial charge is 0.465 e. The van der Waals surface area contributed by atoms with Gasteiger partial charge in [-0.15, -0.1) is 11.3 Å². The van der Waals surface area contributed by atoms with Crippen LogP contribution in [0.15, 0.2) is 16.6 Å². The molecular formula is C11H17N3O4S. The minimum Gasteiger partial charge on any atom is -0.465 e. The zero-order chi connectivity index (χ0) is 14.3. The van der Waals surface area contributed by atoms with Crippen molar-refractivity contribution in [2.24, 2.45) is 10.9 Å². The van der Waals surface area contributed by atoms with Gasteiger partial charge in [-0.3, -0.25) is 0 Å². The predicted octanol–water partition coefficient (Wildman–Crippen LogP) is 0.516. The van der Waals surface area contributed by atoms with Gasteiger partial charge < -0.3 is 26.1 Å². The van der Waals surface area contributed by atoms with Crippen molar-refractivity contribution in [1.82, 2.24) is 5.32 Å². The number of hydrogen-bond acceptors (Lipinski definition) is 5. The van der Waals surface area contributed by atoms with Crippen LogP contribution in [-0.2, 0) is 11.3 Å². The molecule has 0 aliphatic heterocycles. The van der Waals surface area contributed by atoms with Crippen molar-refractivity contribution in [1.29, 1.82) is 0 Å². The predicted molar refractivity (Wildman–Crippen MR) is 72.4 cm³/mol. The molecule has 0 bridgehead atoms. The molecule has 19 heavy (non-hydrogen) atoms. The lowest BCUT2D eigenvalue weighted by Crippen LogP contribution is -2.45.